The highest BCUT2D eigenvalue weighted by atomic mass is 35.5. The normalized spacial score (nSPS) is 25.6. The predicted octanol–water partition coefficient (Wildman–Crippen LogP) is 2.14. The van der Waals surface area contributed by atoms with E-state index in [1.807, 2.05) is 0 Å². The van der Waals surface area contributed by atoms with Crippen molar-refractivity contribution >= 4 is 23.4 Å². The highest BCUT2D eigenvalue weighted by Crippen LogP contribution is 2.67. The molecular weight excluding hydrogens is 425 g/mol. The lowest BCUT2D eigenvalue weighted by molar-refractivity contribution is -0.184. The number of aromatic nitrogens is 3. The van der Waals surface area contributed by atoms with E-state index in [4.69, 9.17) is 16.3 Å². The molecule has 1 aromatic carbocycles. The summed E-state index contributed by atoms with van der Waals surface area (Å²) in [6.07, 6.45) is 5.02. The first kappa shape index (κ1) is 20.2. The van der Waals surface area contributed by atoms with Crippen molar-refractivity contribution in [3.8, 4) is 5.75 Å². The van der Waals surface area contributed by atoms with E-state index in [1.165, 1.54) is 12.1 Å². The van der Waals surface area contributed by atoms with Crippen LogP contribution in [-0.2, 0) is 29.1 Å². The van der Waals surface area contributed by atoms with Crippen LogP contribution in [0, 0.1) is 11.2 Å². The number of rotatable bonds is 7. The summed E-state index contributed by atoms with van der Waals surface area (Å²) in [5, 5.41) is 14.4. The topological polar surface area (TPSA) is 98.1 Å². The van der Waals surface area contributed by atoms with Gasteiger partial charge in [-0.25, -0.2) is 4.39 Å². The number of hydrogen-bond acceptors (Lipinski definition) is 5. The molecule has 3 fully saturated rings. The van der Waals surface area contributed by atoms with E-state index in [2.05, 4.69) is 25.4 Å². The fraction of sp³-hybridized carbons (Fsp3) is 0.524. The maximum Gasteiger partial charge on any atom is 0.258 e. The number of fused-ring (bicyclic) bond motifs is 1. The van der Waals surface area contributed by atoms with Crippen LogP contribution in [0.5, 0.6) is 5.75 Å². The van der Waals surface area contributed by atoms with E-state index in [9.17, 15) is 14.0 Å². The van der Waals surface area contributed by atoms with Crippen molar-refractivity contribution in [2.75, 3.05) is 6.61 Å². The van der Waals surface area contributed by atoms with E-state index in [0.717, 1.165) is 43.5 Å². The molecule has 0 saturated heterocycles. The van der Waals surface area contributed by atoms with Crippen molar-refractivity contribution in [1.82, 2.24) is 25.4 Å². The van der Waals surface area contributed by atoms with Gasteiger partial charge in [0.2, 0.25) is 5.91 Å². The number of nitrogens with zero attached hydrogens (tertiary/aromatic N) is 3. The number of ether oxygens (including phenoxy) is 1. The van der Waals surface area contributed by atoms with Gasteiger partial charge < -0.3 is 19.9 Å². The maximum absolute atomic E-state index is 13.4. The first-order valence-electron chi connectivity index (χ1n) is 10.5. The number of aryl methyl sites for hydroxylation is 1. The molecule has 2 amide bonds. The Morgan fingerprint density at radius 1 is 1.23 bits per heavy atom. The fourth-order valence-electron chi connectivity index (χ4n) is 5.05. The molecule has 4 aliphatic rings. The van der Waals surface area contributed by atoms with Crippen molar-refractivity contribution < 1.29 is 18.7 Å². The average molecular weight is 448 g/mol. The number of carbonyl (C=O) groups is 2. The zero-order valence-electron chi connectivity index (χ0n) is 16.9. The molecule has 1 aliphatic heterocycles. The van der Waals surface area contributed by atoms with Crippen LogP contribution in [0.3, 0.4) is 0 Å². The lowest BCUT2D eigenvalue weighted by Gasteiger charge is -2.69. The molecule has 6 rings (SSSR count). The lowest BCUT2D eigenvalue weighted by atomic mass is 9.39. The average Bonchev–Trinajstić information content (AvgIpc) is 3.12. The number of benzene rings is 1. The summed E-state index contributed by atoms with van der Waals surface area (Å²) in [5.41, 5.74) is -0.741. The summed E-state index contributed by atoms with van der Waals surface area (Å²) in [4.78, 5) is 24.9. The third-order valence-electron chi connectivity index (χ3n) is 6.52. The minimum Gasteiger partial charge on any atom is -0.484 e. The largest absolute Gasteiger partial charge is 0.484 e. The van der Waals surface area contributed by atoms with Crippen molar-refractivity contribution in [2.24, 2.45) is 5.41 Å². The summed E-state index contributed by atoms with van der Waals surface area (Å²) >= 11 is 5.63. The van der Waals surface area contributed by atoms with Gasteiger partial charge in [0.15, 0.2) is 12.4 Å². The van der Waals surface area contributed by atoms with Gasteiger partial charge in [0.05, 0.1) is 17.0 Å². The monoisotopic (exact) mass is 447 g/mol. The van der Waals surface area contributed by atoms with Crippen LogP contribution in [0.2, 0.25) is 5.02 Å². The number of carbonyl (C=O) groups excluding carboxylic acids is 2. The molecule has 31 heavy (non-hydrogen) atoms. The van der Waals surface area contributed by atoms with Gasteiger partial charge in [-0.15, -0.1) is 10.2 Å². The summed E-state index contributed by atoms with van der Waals surface area (Å²) in [6, 6.07) is 4.02. The van der Waals surface area contributed by atoms with Crippen molar-refractivity contribution in [3.63, 3.8) is 0 Å². The highest BCUT2D eigenvalue weighted by molar-refractivity contribution is 6.30. The Balaban J connectivity index is 1.07. The second-order valence-electron chi connectivity index (χ2n) is 8.83. The summed E-state index contributed by atoms with van der Waals surface area (Å²) in [6.45, 7) is 1.05. The Morgan fingerprint density at radius 3 is 2.81 bits per heavy atom. The molecule has 1 aromatic heterocycles. The molecule has 0 atom stereocenters. The van der Waals surface area contributed by atoms with Crippen LogP contribution >= 0.6 is 11.6 Å². The van der Waals surface area contributed by atoms with Crippen molar-refractivity contribution in [3.05, 3.63) is 40.7 Å². The van der Waals surface area contributed by atoms with E-state index < -0.39 is 11.2 Å². The molecule has 3 aliphatic carbocycles. The maximum atomic E-state index is 13.4. The fourth-order valence-corrected chi connectivity index (χ4v) is 5.17. The quantitative estimate of drug-likeness (QED) is 0.677. The van der Waals surface area contributed by atoms with Crippen LogP contribution in [0.4, 0.5) is 4.39 Å². The standard InChI is InChI=1S/C21H23ClFN5O3/c22-14-5-4-13(7-15(14)23)31-9-18(29)25-21-10-20(11-21,12-21)19(30)24-8-17-27-26-16-3-1-2-6-28(16)17/h4-5,7H,1-3,6,8-12H2,(H,24,30)(H,25,29). The van der Waals surface area contributed by atoms with Crippen LogP contribution in [0.1, 0.15) is 43.8 Å². The molecule has 2 bridgehead atoms. The Morgan fingerprint density at radius 2 is 2.03 bits per heavy atom. The van der Waals surface area contributed by atoms with E-state index in [0.29, 0.717) is 25.8 Å². The van der Waals surface area contributed by atoms with Crippen LogP contribution < -0.4 is 15.4 Å². The molecule has 0 radical (unpaired) electrons. The third-order valence-corrected chi connectivity index (χ3v) is 6.83. The molecular formula is C21H23ClFN5O3. The molecule has 0 unspecified atom stereocenters. The first-order chi connectivity index (χ1) is 14.9. The smallest absolute Gasteiger partial charge is 0.258 e. The predicted molar refractivity (Wildman–Crippen MR) is 109 cm³/mol. The van der Waals surface area contributed by atoms with Gasteiger partial charge in [-0.3, -0.25) is 9.59 Å². The van der Waals surface area contributed by atoms with Crippen LogP contribution in [-0.4, -0.2) is 38.7 Å². The van der Waals surface area contributed by atoms with Gasteiger partial charge in [-0.05, 0) is 44.2 Å². The number of amides is 2. The molecule has 3 saturated carbocycles. The molecule has 2 N–H and O–H groups in total. The molecule has 10 heteroatoms. The van der Waals surface area contributed by atoms with Gasteiger partial charge in [-0.1, -0.05) is 11.6 Å². The number of hydrogen-bond donors (Lipinski definition) is 2. The highest BCUT2D eigenvalue weighted by Gasteiger charge is 2.72. The minimum absolute atomic E-state index is 0.00172. The molecule has 0 spiro atoms. The lowest BCUT2D eigenvalue weighted by Crippen LogP contribution is -2.78. The van der Waals surface area contributed by atoms with E-state index >= 15 is 0 Å². The Hall–Kier alpha value is -2.68. The third kappa shape index (κ3) is 3.64. The Kier molecular flexibility index (Phi) is 4.88. The van der Waals surface area contributed by atoms with Gasteiger partial charge in [0.1, 0.15) is 17.4 Å². The first-order valence-corrected chi connectivity index (χ1v) is 10.8. The summed E-state index contributed by atoms with van der Waals surface area (Å²) < 4.78 is 20.9. The molecule has 2 heterocycles. The van der Waals surface area contributed by atoms with Crippen molar-refractivity contribution in [1.29, 1.82) is 0 Å². The van der Waals surface area contributed by atoms with Gasteiger partial charge in [-0.2, -0.15) is 0 Å². The summed E-state index contributed by atoms with van der Waals surface area (Å²) in [7, 11) is 0. The van der Waals surface area contributed by atoms with Crippen molar-refractivity contribution in [2.45, 2.75) is 57.2 Å². The van der Waals surface area contributed by atoms with E-state index in [-0.39, 0.29) is 34.7 Å². The Labute approximate surface area is 183 Å². The van der Waals surface area contributed by atoms with Gasteiger partial charge in [0.25, 0.3) is 5.91 Å². The SMILES string of the molecule is O=C(COc1ccc(Cl)c(F)c1)NC12CC(C(=O)NCc3nnc4n3CCCC4)(C1)C2. The second-order valence-corrected chi connectivity index (χ2v) is 9.23. The second kappa shape index (κ2) is 7.47. The van der Waals surface area contributed by atoms with Crippen LogP contribution in [0.25, 0.3) is 0 Å². The van der Waals surface area contributed by atoms with E-state index in [1.54, 1.807) is 0 Å². The molecule has 2 aromatic rings. The summed E-state index contributed by atoms with van der Waals surface area (Å²) in [5.74, 6) is 1.14. The Bertz CT molecular complexity index is 1040. The number of nitrogens with one attached hydrogen (secondary N) is 2. The molecule has 164 valence electrons. The number of halogens is 2. The minimum atomic E-state index is -0.599. The zero-order valence-corrected chi connectivity index (χ0v) is 17.7. The zero-order chi connectivity index (χ0) is 21.6. The van der Waals surface area contributed by atoms with Gasteiger partial charge in [0, 0.05) is 24.6 Å². The van der Waals surface area contributed by atoms with Crippen LogP contribution in [0.15, 0.2) is 18.2 Å². The molecule has 8 nitrogen and oxygen atoms in total. The van der Waals surface area contributed by atoms with Gasteiger partial charge >= 0.3 is 0 Å².